The highest BCUT2D eigenvalue weighted by Crippen LogP contribution is 2.39. The maximum absolute atomic E-state index is 14.2. The second-order valence-electron chi connectivity index (χ2n) is 4.50. The number of fused-ring (bicyclic) bond motifs is 1. The Bertz CT molecular complexity index is 877. The highest BCUT2D eigenvalue weighted by Gasteiger charge is 2.17. The second kappa shape index (κ2) is 5.83. The van der Waals surface area contributed by atoms with Gasteiger partial charge in [-0.25, -0.2) is 9.18 Å². The molecule has 1 aromatic heterocycles. The third-order valence-corrected chi connectivity index (χ3v) is 4.85. The van der Waals surface area contributed by atoms with Crippen LogP contribution in [-0.4, -0.2) is 16.1 Å². The van der Waals surface area contributed by atoms with Gasteiger partial charge in [0.1, 0.15) is 11.5 Å². The zero-order valence-corrected chi connectivity index (χ0v) is 13.2. The number of carbonyl (C=O) groups is 1. The largest absolute Gasteiger partial charge is 0.477 e. The summed E-state index contributed by atoms with van der Waals surface area (Å²) < 4.78 is 14.2. The summed E-state index contributed by atoms with van der Waals surface area (Å²) >= 11 is 13.4. The molecule has 0 spiro atoms. The fourth-order valence-corrected chi connectivity index (χ4v) is 3.34. The Morgan fingerprint density at radius 2 is 1.86 bits per heavy atom. The lowest BCUT2D eigenvalue weighted by atomic mass is 10.2. The lowest BCUT2D eigenvalue weighted by Crippen LogP contribution is -1.94. The average Bonchev–Trinajstić information content (AvgIpc) is 2.93. The summed E-state index contributed by atoms with van der Waals surface area (Å²) in [5, 5.41) is 10.0. The molecule has 0 amide bonds. The summed E-state index contributed by atoms with van der Waals surface area (Å²) in [5.41, 5.74) is 0.167. The normalized spacial score (nSPS) is 11.0. The minimum atomic E-state index is -1.17. The Balaban J connectivity index is 2.08. The van der Waals surface area contributed by atoms with E-state index in [1.165, 1.54) is 23.9 Å². The summed E-state index contributed by atoms with van der Waals surface area (Å²) in [4.78, 5) is 15.0. The van der Waals surface area contributed by atoms with Gasteiger partial charge in [-0.05, 0) is 36.4 Å². The number of aromatic carboxylic acids is 1. The van der Waals surface area contributed by atoms with E-state index in [4.69, 9.17) is 28.3 Å². The molecule has 0 fully saturated rings. The first-order valence-electron chi connectivity index (χ1n) is 6.13. The quantitative estimate of drug-likeness (QED) is 0.655. The van der Waals surface area contributed by atoms with Crippen LogP contribution in [0.5, 0.6) is 0 Å². The Morgan fingerprint density at radius 3 is 2.50 bits per heavy atom. The van der Waals surface area contributed by atoms with E-state index >= 15 is 0 Å². The van der Waals surface area contributed by atoms with Crippen molar-refractivity contribution in [2.75, 3.05) is 0 Å². The van der Waals surface area contributed by atoms with E-state index in [1.807, 2.05) is 0 Å². The molecule has 0 aliphatic carbocycles. The standard InChI is InChI=1S/C15H8Cl2FNO2S/c16-7-1-3-8(4-2-7)22-12-6-10(18)9-5-11(15(20)21)19-14(9)13(12)17/h1-6,19H,(H,20,21). The minimum Gasteiger partial charge on any atom is -0.477 e. The monoisotopic (exact) mass is 355 g/mol. The molecular weight excluding hydrogens is 348 g/mol. The maximum atomic E-state index is 14.2. The van der Waals surface area contributed by atoms with Crippen molar-refractivity contribution in [2.45, 2.75) is 9.79 Å². The highest BCUT2D eigenvalue weighted by molar-refractivity contribution is 7.99. The molecular formula is C15H8Cl2FNO2S. The summed E-state index contributed by atoms with van der Waals surface area (Å²) in [6.45, 7) is 0. The van der Waals surface area contributed by atoms with Crippen molar-refractivity contribution >= 4 is 51.8 Å². The molecule has 7 heteroatoms. The fourth-order valence-electron chi connectivity index (χ4n) is 2.01. The molecule has 0 atom stereocenters. The summed E-state index contributed by atoms with van der Waals surface area (Å²) in [5.74, 6) is -1.70. The van der Waals surface area contributed by atoms with E-state index in [-0.39, 0.29) is 21.6 Å². The van der Waals surface area contributed by atoms with Crippen LogP contribution in [0.2, 0.25) is 10.0 Å². The smallest absolute Gasteiger partial charge is 0.352 e. The van der Waals surface area contributed by atoms with E-state index in [2.05, 4.69) is 4.98 Å². The highest BCUT2D eigenvalue weighted by atomic mass is 35.5. The van der Waals surface area contributed by atoms with E-state index in [1.54, 1.807) is 24.3 Å². The van der Waals surface area contributed by atoms with Gasteiger partial charge in [-0.2, -0.15) is 0 Å². The first kappa shape index (κ1) is 15.2. The van der Waals surface area contributed by atoms with Crippen LogP contribution in [-0.2, 0) is 0 Å². The predicted molar refractivity (Wildman–Crippen MR) is 85.8 cm³/mol. The zero-order valence-electron chi connectivity index (χ0n) is 10.9. The SMILES string of the molecule is O=C(O)c1cc2c(F)cc(Sc3ccc(Cl)cc3)c(Cl)c2[nH]1. The molecule has 3 nitrogen and oxygen atoms in total. The van der Waals surface area contributed by atoms with Gasteiger partial charge in [-0.1, -0.05) is 35.0 Å². The molecule has 0 radical (unpaired) electrons. The van der Waals surface area contributed by atoms with Gasteiger partial charge in [0.2, 0.25) is 0 Å². The van der Waals surface area contributed by atoms with Crippen molar-refractivity contribution in [3.05, 3.63) is 58.0 Å². The lowest BCUT2D eigenvalue weighted by molar-refractivity contribution is 0.0691. The summed E-state index contributed by atoms with van der Waals surface area (Å²) in [6, 6.07) is 9.57. The first-order valence-corrected chi connectivity index (χ1v) is 7.70. The number of H-pyrrole nitrogens is 1. The summed E-state index contributed by atoms with van der Waals surface area (Å²) in [6.07, 6.45) is 0. The summed E-state index contributed by atoms with van der Waals surface area (Å²) in [7, 11) is 0. The van der Waals surface area contributed by atoms with Gasteiger partial charge in [0, 0.05) is 20.2 Å². The Hall–Kier alpha value is -1.69. The molecule has 3 rings (SSSR count). The molecule has 2 N–H and O–H groups in total. The van der Waals surface area contributed by atoms with Crippen LogP contribution in [0.1, 0.15) is 10.5 Å². The van der Waals surface area contributed by atoms with Gasteiger partial charge < -0.3 is 10.1 Å². The Kier molecular flexibility index (Phi) is 4.04. The zero-order chi connectivity index (χ0) is 15.9. The van der Waals surface area contributed by atoms with E-state index < -0.39 is 11.8 Å². The third-order valence-electron chi connectivity index (χ3n) is 3.04. The number of benzene rings is 2. The number of hydrogen-bond donors (Lipinski definition) is 2. The van der Waals surface area contributed by atoms with Crippen molar-refractivity contribution in [3.8, 4) is 0 Å². The van der Waals surface area contributed by atoms with E-state index in [0.29, 0.717) is 9.92 Å². The molecule has 0 aliphatic heterocycles. The minimum absolute atomic E-state index is 0.107. The molecule has 0 unspecified atom stereocenters. The van der Waals surface area contributed by atoms with Gasteiger partial charge in [-0.15, -0.1) is 0 Å². The number of rotatable bonds is 3. The predicted octanol–water partition coefficient (Wildman–Crippen LogP) is 5.46. The molecule has 2 aromatic carbocycles. The molecule has 0 saturated carbocycles. The van der Waals surface area contributed by atoms with Crippen molar-refractivity contribution < 1.29 is 14.3 Å². The Morgan fingerprint density at radius 1 is 1.18 bits per heavy atom. The van der Waals surface area contributed by atoms with Gasteiger partial charge in [0.15, 0.2) is 0 Å². The van der Waals surface area contributed by atoms with Crippen LogP contribution in [0.25, 0.3) is 10.9 Å². The van der Waals surface area contributed by atoms with Crippen molar-refractivity contribution in [3.63, 3.8) is 0 Å². The van der Waals surface area contributed by atoms with E-state index in [9.17, 15) is 9.18 Å². The lowest BCUT2D eigenvalue weighted by Gasteiger charge is -2.06. The topological polar surface area (TPSA) is 53.1 Å². The van der Waals surface area contributed by atoms with Crippen LogP contribution in [0, 0.1) is 5.82 Å². The van der Waals surface area contributed by atoms with Crippen LogP contribution >= 0.6 is 35.0 Å². The maximum Gasteiger partial charge on any atom is 0.352 e. The Labute approximate surface area is 139 Å². The molecule has 0 bridgehead atoms. The third kappa shape index (κ3) is 2.79. The van der Waals surface area contributed by atoms with Gasteiger partial charge in [-0.3, -0.25) is 0 Å². The van der Waals surface area contributed by atoms with Crippen molar-refractivity contribution in [1.29, 1.82) is 0 Å². The second-order valence-corrected chi connectivity index (χ2v) is 6.43. The van der Waals surface area contributed by atoms with Crippen LogP contribution in [0.3, 0.4) is 0 Å². The van der Waals surface area contributed by atoms with Crippen molar-refractivity contribution in [2.24, 2.45) is 0 Å². The van der Waals surface area contributed by atoms with Gasteiger partial charge >= 0.3 is 5.97 Å². The number of carboxylic acid groups (broad SMARTS) is 1. The molecule has 3 aromatic rings. The van der Waals surface area contributed by atoms with Crippen molar-refractivity contribution in [1.82, 2.24) is 4.98 Å². The molecule has 1 heterocycles. The van der Waals surface area contributed by atoms with E-state index in [0.717, 1.165) is 4.90 Å². The average molecular weight is 356 g/mol. The number of nitrogens with one attached hydrogen (secondary N) is 1. The van der Waals surface area contributed by atoms with Gasteiger partial charge in [0.25, 0.3) is 0 Å². The number of carboxylic acids is 1. The molecule has 22 heavy (non-hydrogen) atoms. The first-order chi connectivity index (χ1) is 10.5. The van der Waals surface area contributed by atoms with Crippen LogP contribution in [0.15, 0.2) is 46.2 Å². The number of aromatic amines is 1. The molecule has 0 saturated heterocycles. The van der Waals surface area contributed by atoms with Crippen LogP contribution < -0.4 is 0 Å². The fraction of sp³-hybridized carbons (Fsp3) is 0. The van der Waals surface area contributed by atoms with Crippen LogP contribution in [0.4, 0.5) is 4.39 Å². The van der Waals surface area contributed by atoms with Gasteiger partial charge in [0.05, 0.1) is 10.5 Å². The number of halogens is 3. The number of aromatic nitrogens is 1. The molecule has 0 aliphatic rings. The number of hydrogen-bond acceptors (Lipinski definition) is 2. The molecule has 112 valence electrons.